The second-order valence-corrected chi connectivity index (χ2v) is 6.70. The van der Waals surface area contributed by atoms with Gasteiger partial charge in [-0.2, -0.15) is 0 Å². The van der Waals surface area contributed by atoms with Gasteiger partial charge in [0.15, 0.2) is 0 Å². The predicted molar refractivity (Wildman–Crippen MR) is 98.2 cm³/mol. The average molecular weight is 337 g/mol. The Morgan fingerprint density at radius 3 is 2.76 bits per heavy atom. The molecule has 128 valence electrons. The van der Waals surface area contributed by atoms with Gasteiger partial charge in [0.1, 0.15) is 23.5 Å². The predicted octanol–water partition coefficient (Wildman–Crippen LogP) is 3.62. The summed E-state index contributed by atoms with van der Waals surface area (Å²) in [5.74, 6) is 0.928. The molecule has 1 aliphatic rings. The Bertz CT molecular complexity index is 931. The minimum atomic E-state index is -0.239. The van der Waals surface area contributed by atoms with Gasteiger partial charge in [-0.05, 0) is 49.4 Å². The first-order valence-corrected chi connectivity index (χ1v) is 8.31. The molecule has 0 atom stereocenters. The number of aromatic nitrogens is 1. The molecule has 25 heavy (non-hydrogen) atoms. The molecule has 0 bridgehead atoms. The Morgan fingerprint density at radius 1 is 1.24 bits per heavy atom. The number of hydrogen-bond acceptors (Lipinski definition) is 4. The van der Waals surface area contributed by atoms with E-state index in [0.717, 1.165) is 40.7 Å². The first kappa shape index (κ1) is 15.8. The molecule has 1 aromatic heterocycles. The van der Waals surface area contributed by atoms with Gasteiger partial charge >= 0.3 is 0 Å². The quantitative estimate of drug-likeness (QED) is 0.793. The molecule has 0 aliphatic carbocycles. The maximum atomic E-state index is 14.4. The molecule has 4 rings (SSSR count). The Kier molecular flexibility index (Phi) is 3.81. The molecule has 4 nitrogen and oxygen atoms in total. The van der Waals surface area contributed by atoms with Crippen LogP contribution in [0.1, 0.15) is 5.56 Å². The Balaban J connectivity index is 1.87. The highest BCUT2D eigenvalue weighted by Gasteiger charge is 2.26. The number of nitrogen functional groups attached to an aromatic ring is 1. The van der Waals surface area contributed by atoms with Gasteiger partial charge in [0.2, 0.25) is 0 Å². The Labute approximate surface area is 146 Å². The normalized spacial score (nSPS) is 15.3. The van der Waals surface area contributed by atoms with Crippen molar-refractivity contribution in [1.82, 2.24) is 9.88 Å². The number of halogens is 1. The van der Waals surface area contributed by atoms with Crippen LogP contribution in [0.2, 0.25) is 0 Å². The lowest BCUT2D eigenvalue weighted by Gasteiger charge is -2.36. The van der Waals surface area contributed by atoms with Crippen LogP contribution in [0.25, 0.3) is 21.9 Å². The summed E-state index contributed by atoms with van der Waals surface area (Å²) in [6.07, 6.45) is 1.85. The summed E-state index contributed by atoms with van der Waals surface area (Å²) in [6.45, 7) is 3.67. The van der Waals surface area contributed by atoms with Gasteiger partial charge in [-0.3, -0.25) is 4.90 Å². The summed E-state index contributed by atoms with van der Waals surface area (Å²) in [5, 5.41) is 1.79. The molecule has 0 saturated carbocycles. The van der Waals surface area contributed by atoms with Crippen molar-refractivity contribution >= 4 is 16.6 Å². The van der Waals surface area contributed by atoms with Gasteiger partial charge in [-0.1, -0.05) is 12.1 Å². The molecule has 3 aromatic rings. The minimum absolute atomic E-state index is 0.138. The van der Waals surface area contributed by atoms with Crippen LogP contribution in [-0.2, 0) is 0 Å². The summed E-state index contributed by atoms with van der Waals surface area (Å²) >= 11 is 0. The third-order valence-electron chi connectivity index (χ3n) is 4.65. The number of nitrogens with zero attached hydrogens (tertiary/aromatic N) is 2. The van der Waals surface area contributed by atoms with Crippen molar-refractivity contribution in [3.8, 4) is 16.9 Å². The van der Waals surface area contributed by atoms with Crippen LogP contribution in [0.4, 0.5) is 10.2 Å². The van der Waals surface area contributed by atoms with Crippen molar-refractivity contribution in [2.75, 3.05) is 25.9 Å². The van der Waals surface area contributed by atoms with Gasteiger partial charge < -0.3 is 10.5 Å². The van der Waals surface area contributed by atoms with Crippen molar-refractivity contribution in [2.45, 2.75) is 13.0 Å². The minimum Gasteiger partial charge on any atom is -0.487 e. The third kappa shape index (κ3) is 2.91. The zero-order valence-corrected chi connectivity index (χ0v) is 14.3. The molecular formula is C20H20FN3O. The summed E-state index contributed by atoms with van der Waals surface area (Å²) < 4.78 is 20.6. The maximum Gasteiger partial charge on any atom is 0.131 e. The number of nitrogens with two attached hydrogens (primary N) is 1. The number of hydrogen-bond donors (Lipinski definition) is 1. The monoisotopic (exact) mass is 337 g/mol. The van der Waals surface area contributed by atoms with Crippen LogP contribution >= 0.6 is 0 Å². The van der Waals surface area contributed by atoms with E-state index in [1.165, 1.54) is 6.07 Å². The standard InChI is InChI=1S/C20H20FN3O/c1-12-4-3-5-17(21)20(12)13-6-14-9-23-19(22)8-16(14)18(7-13)25-15-10-24(2)11-15/h3-9,15H,10-11H2,1-2H3,(H2,22,23). The number of ether oxygens (including phenoxy) is 1. The molecule has 0 radical (unpaired) electrons. The van der Waals surface area contributed by atoms with E-state index in [9.17, 15) is 4.39 Å². The average Bonchev–Trinajstić information content (AvgIpc) is 2.54. The number of anilines is 1. The van der Waals surface area contributed by atoms with Crippen LogP contribution in [0.5, 0.6) is 5.75 Å². The number of benzene rings is 2. The molecule has 2 heterocycles. The molecule has 2 aromatic carbocycles. The van der Waals surface area contributed by atoms with Crippen LogP contribution in [0.15, 0.2) is 42.6 Å². The molecule has 2 N–H and O–H groups in total. The third-order valence-corrected chi connectivity index (χ3v) is 4.65. The SMILES string of the molecule is Cc1cccc(F)c1-c1cc(OC2CN(C)C2)c2cc(N)ncc2c1. The van der Waals surface area contributed by atoms with Crippen LogP contribution < -0.4 is 10.5 Å². The van der Waals surface area contributed by atoms with E-state index in [2.05, 4.69) is 16.9 Å². The molecule has 1 fully saturated rings. The number of pyridine rings is 1. The first-order chi connectivity index (χ1) is 12.0. The van der Waals surface area contributed by atoms with Crippen molar-refractivity contribution in [2.24, 2.45) is 0 Å². The largest absolute Gasteiger partial charge is 0.487 e. The fraction of sp³-hybridized carbons (Fsp3) is 0.250. The molecule has 1 aliphatic heterocycles. The fourth-order valence-electron chi connectivity index (χ4n) is 3.37. The molecule has 0 amide bonds. The summed E-state index contributed by atoms with van der Waals surface area (Å²) in [4.78, 5) is 6.36. The Hall–Kier alpha value is -2.66. The van der Waals surface area contributed by atoms with Gasteiger partial charge in [0.05, 0.1) is 0 Å². The number of fused-ring (bicyclic) bond motifs is 1. The van der Waals surface area contributed by atoms with Gasteiger partial charge in [0, 0.05) is 35.6 Å². The van der Waals surface area contributed by atoms with Crippen molar-refractivity contribution < 1.29 is 9.13 Å². The maximum absolute atomic E-state index is 14.4. The van der Waals surface area contributed by atoms with E-state index < -0.39 is 0 Å². The van der Waals surface area contributed by atoms with Gasteiger partial charge in [-0.25, -0.2) is 9.37 Å². The van der Waals surface area contributed by atoms with E-state index in [1.54, 1.807) is 12.3 Å². The molecular weight excluding hydrogens is 317 g/mol. The van der Waals surface area contributed by atoms with E-state index >= 15 is 0 Å². The summed E-state index contributed by atoms with van der Waals surface area (Å²) in [7, 11) is 2.05. The molecule has 0 spiro atoms. The summed E-state index contributed by atoms with van der Waals surface area (Å²) in [6, 6.07) is 10.8. The van der Waals surface area contributed by atoms with E-state index in [1.807, 2.05) is 31.2 Å². The number of likely N-dealkylation sites (tertiary alicyclic amines) is 1. The summed E-state index contributed by atoms with van der Waals surface area (Å²) in [5.41, 5.74) is 8.12. The van der Waals surface area contributed by atoms with Gasteiger partial charge in [0.25, 0.3) is 0 Å². The highest BCUT2D eigenvalue weighted by atomic mass is 19.1. The lowest BCUT2D eigenvalue weighted by molar-refractivity contribution is 0.0400. The second kappa shape index (κ2) is 6.01. The van der Waals surface area contributed by atoms with Crippen molar-refractivity contribution in [3.05, 3.63) is 54.0 Å². The van der Waals surface area contributed by atoms with Crippen molar-refractivity contribution in [3.63, 3.8) is 0 Å². The zero-order valence-electron chi connectivity index (χ0n) is 14.3. The zero-order chi connectivity index (χ0) is 17.6. The number of rotatable bonds is 3. The fourth-order valence-corrected chi connectivity index (χ4v) is 3.37. The van der Waals surface area contributed by atoms with Crippen LogP contribution in [0.3, 0.4) is 0 Å². The Morgan fingerprint density at radius 2 is 2.04 bits per heavy atom. The van der Waals surface area contributed by atoms with Crippen LogP contribution in [0, 0.1) is 12.7 Å². The second-order valence-electron chi connectivity index (χ2n) is 6.70. The van der Waals surface area contributed by atoms with Gasteiger partial charge in [-0.15, -0.1) is 0 Å². The smallest absolute Gasteiger partial charge is 0.131 e. The first-order valence-electron chi connectivity index (χ1n) is 8.31. The van der Waals surface area contributed by atoms with Crippen LogP contribution in [-0.4, -0.2) is 36.1 Å². The highest BCUT2D eigenvalue weighted by molar-refractivity contribution is 5.94. The molecule has 1 saturated heterocycles. The number of aryl methyl sites for hydroxylation is 1. The molecule has 5 heteroatoms. The molecule has 0 unspecified atom stereocenters. The van der Waals surface area contributed by atoms with E-state index in [4.69, 9.17) is 10.5 Å². The highest BCUT2D eigenvalue weighted by Crippen LogP contribution is 2.36. The van der Waals surface area contributed by atoms with E-state index in [0.29, 0.717) is 11.4 Å². The number of likely N-dealkylation sites (N-methyl/N-ethyl adjacent to an activating group) is 1. The lowest BCUT2D eigenvalue weighted by Crippen LogP contribution is -2.51. The topological polar surface area (TPSA) is 51.4 Å². The van der Waals surface area contributed by atoms with Crippen molar-refractivity contribution in [1.29, 1.82) is 0 Å². The lowest BCUT2D eigenvalue weighted by atomic mass is 9.97. The van der Waals surface area contributed by atoms with E-state index in [-0.39, 0.29) is 11.9 Å².